The Kier molecular flexibility index (Phi) is 10.1. The number of carbonyl (C=O) groups is 1. The number of rotatable bonds is 9. The van der Waals surface area contributed by atoms with Crippen molar-refractivity contribution < 1.29 is 14.1 Å². The summed E-state index contributed by atoms with van der Waals surface area (Å²) in [5.41, 5.74) is 0. The minimum Gasteiger partial charge on any atom is -0.370 e. The average molecular weight is 389 g/mol. The Bertz CT molecular complexity index is 532. The van der Waals surface area contributed by atoms with Crippen LogP contribution in [-0.2, 0) is 16.1 Å². The molecule has 7 nitrogen and oxygen atoms in total. The molecule has 1 aromatic rings. The van der Waals surface area contributed by atoms with E-state index in [4.69, 9.17) is 9.26 Å². The van der Waals surface area contributed by atoms with Crippen molar-refractivity contribution in [3.63, 3.8) is 0 Å². The standard InChI is InChI=1S/C18H32N4O3.ClH/c1-13(2)12-24-14(3)18-20-16(25-21-18)11-22(4)17(23)6-5-15-7-9-19-10-8-15;/h13-15,19H,5-12H2,1-4H3;1H. The second-order valence-corrected chi connectivity index (χ2v) is 7.40. The number of ether oxygens (including phenoxy) is 1. The number of hydrogen-bond acceptors (Lipinski definition) is 6. The zero-order chi connectivity index (χ0) is 18.2. The Hall–Kier alpha value is -1.18. The van der Waals surface area contributed by atoms with Gasteiger partial charge >= 0.3 is 0 Å². The van der Waals surface area contributed by atoms with Gasteiger partial charge in [-0.1, -0.05) is 19.0 Å². The van der Waals surface area contributed by atoms with E-state index in [0.717, 1.165) is 32.4 Å². The van der Waals surface area contributed by atoms with Crippen LogP contribution in [0.4, 0.5) is 0 Å². The van der Waals surface area contributed by atoms with Gasteiger partial charge in [-0.05, 0) is 51.1 Å². The van der Waals surface area contributed by atoms with E-state index in [1.165, 1.54) is 0 Å². The van der Waals surface area contributed by atoms with Crippen molar-refractivity contribution in [1.29, 1.82) is 0 Å². The number of carbonyl (C=O) groups excluding carboxylic acids is 1. The summed E-state index contributed by atoms with van der Waals surface area (Å²) in [5.74, 6) is 2.23. The molecule has 0 saturated carbocycles. The molecule has 1 aromatic heterocycles. The highest BCUT2D eigenvalue weighted by molar-refractivity contribution is 5.85. The number of piperidine rings is 1. The van der Waals surface area contributed by atoms with Crippen LogP contribution >= 0.6 is 12.4 Å². The molecule has 2 heterocycles. The number of amides is 1. The SMILES string of the molecule is CC(C)COC(C)c1noc(CN(C)C(=O)CCC2CCNCC2)n1.Cl. The van der Waals surface area contributed by atoms with E-state index in [2.05, 4.69) is 29.3 Å². The molecule has 1 aliphatic rings. The van der Waals surface area contributed by atoms with E-state index in [9.17, 15) is 4.79 Å². The molecule has 0 bridgehead atoms. The predicted molar refractivity (Wildman–Crippen MR) is 102 cm³/mol. The van der Waals surface area contributed by atoms with E-state index in [0.29, 0.717) is 43.1 Å². The van der Waals surface area contributed by atoms with Gasteiger partial charge in [-0.25, -0.2) is 0 Å². The minimum absolute atomic E-state index is 0. The quantitative estimate of drug-likeness (QED) is 0.700. The van der Waals surface area contributed by atoms with Crippen LogP contribution in [0.25, 0.3) is 0 Å². The molecule has 0 aromatic carbocycles. The summed E-state index contributed by atoms with van der Waals surface area (Å²) >= 11 is 0. The van der Waals surface area contributed by atoms with Crippen LogP contribution in [0.2, 0.25) is 0 Å². The third-order valence-electron chi connectivity index (χ3n) is 4.55. The van der Waals surface area contributed by atoms with Crippen molar-refractivity contribution in [3.05, 3.63) is 11.7 Å². The van der Waals surface area contributed by atoms with Crippen LogP contribution in [0, 0.1) is 11.8 Å². The summed E-state index contributed by atoms with van der Waals surface area (Å²) in [6.45, 7) is 9.23. The Morgan fingerprint density at radius 3 is 2.69 bits per heavy atom. The topological polar surface area (TPSA) is 80.5 Å². The van der Waals surface area contributed by atoms with Gasteiger partial charge in [0.25, 0.3) is 0 Å². The van der Waals surface area contributed by atoms with E-state index >= 15 is 0 Å². The zero-order valence-corrected chi connectivity index (χ0v) is 17.2. The van der Waals surface area contributed by atoms with Crippen LogP contribution in [0.15, 0.2) is 4.52 Å². The maximum atomic E-state index is 12.3. The summed E-state index contributed by atoms with van der Waals surface area (Å²) in [6, 6.07) is 0. The fourth-order valence-electron chi connectivity index (χ4n) is 2.89. The summed E-state index contributed by atoms with van der Waals surface area (Å²) in [6.07, 6.45) is 3.66. The first-order chi connectivity index (χ1) is 12.0. The number of nitrogens with zero attached hydrogens (tertiary/aromatic N) is 3. The molecule has 0 aliphatic carbocycles. The fraction of sp³-hybridized carbons (Fsp3) is 0.833. The molecule has 2 rings (SSSR count). The van der Waals surface area contributed by atoms with Gasteiger partial charge in [0, 0.05) is 20.1 Å². The molecule has 1 amide bonds. The van der Waals surface area contributed by atoms with Gasteiger partial charge in [-0.3, -0.25) is 4.79 Å². The largest absolute Gasteiger partial charge is 0.370 e. The van der Waals surface area contributed by atoms with Crippen LogP contribution in [0.5, 0.6) is 0 Å². The number of nitrogens with one attached hydrogen (secondary N) is 1. The minimum atomic E-state index is -0.208. The molecular formula is C18H33ClN4O3. The predicted octanol–water partition coefficient (Wildman–Crippen LogP) is 2.96. The van der Waals surface area contributed by atoms with E-state index < -0.39 is 0 Å². The molecular weight excluding hydrogens is 356 g/mol. The Labute approximate surface area is 162 Å². The average Bonchev–Trinajstić information content (AvgIpc) is 3.07. The maximum absolute atomic E-state index is 12.3. The van der Waals surface area contributed by atoms with E-state index in [1.807, 2.05) is 6.92 Å². The van der Waals surface area contributed by atoms with Crippen LogP contribution in [0.1, 0.15) is 64.3 Å². The van der Waals surface area contributed by atoms with Crippen LogP contribution < -0.4 is 5.32 Å². The number of halogens is 1. The third-order valence-corrected chi connectivity index (χ3v) is 4.55. The third kappa shape index (κ3) is 7.60. The first-order valence-corrected chi connectivity index (χ1v) is 9.34. The van der Waals surface area contributed by atoms with Gasteiger partial charge in [0.1, 0.15) is 6.10 Å². The lowest BCUT2D eigenvalue weighted by Crippen LogP contribution is -2.30. The van der Waals surface area contributed by atoms with Gasteiger partial charge in [0.2, 0.25) is 11.8 Å². The normalized spacial score (nSPS) is 16.3. The van der Waals surface area contributed by atoms with Gasteiger partial charge < -0.3 is 19.5 Å². The van der Waals surface area contributed by atoms with Crippen molar-refractivity contribution in [2.75, 3.05) is 26.7 Å². The van der Waals surface area contributed by atoms with Gasteiger partial charge in [0.05, 0.1) is 6.54 Å². The Morgan fingerprint density at radius 1 is 1.35 bits per heavy atom. The molecule has 1 fully saturated rings. The highest BCUT2D eigenvalue weighted by atomic mass is 35.5. The molecule has 1 saturated heterocycles. The molecule has 26 heavy (non-hydrogen) atoms. The number of hydrogen-bond donors (Lipinski definition) is 1. The van der Waals surface area contributed by atoms with Crippen molar-refractivity contribution in [1.82, 2.24) is 20.4 Å². The zero-order valence-electron chi connectivity index (χ0n) is 16.4. The van der Waals surface area contributed by atoms with Crippen molar-refractivity contribution in [2.24, 2.45) is 11.8 Å². The smallest absolute Gasteiger partial charge is 0.246 e. The lowest BCUT2D eigenvalue weighted by Gasteiger charge is -2.23. The van der Waals surface area contributed by atoms with E-state index in [-0.39, 0.29) is 24.4 Å². The van der Waals surface area contributed by atoms with Gasteiger partial charge in [-0.2, -0.15) is 4.98 Å². The van der Waals surface area contributed by atoms with Crippen LogP contribution in [-0.4, -0.2) is 47.7 Å². The summed E-state index contributed by atoms with van der Waals surface area (Å²) in [4.78, 5) is 18.3. The Balaban J connectivity index is 0.00000338. The molecule has 0 radical (unpaired) electrons. The second kappa shape index (κ2) is 11.5. The molecule has 1 aliphatic heterocycles. The summed E-state index contributed by atoms with van der Waals surface area (Å²) < 4.78 is 11.0. The lowest BCUT2D eigenvalue weighted by molar-refractivity contribution is -0.131. The maximum Gasteiger partial charge on any atom is 0.246 e. The second-order valence-electron chi connectivity index (χ2n) is 7.40. The van der Waals surface area contributed by atoms with Gasteiger partial charge in [-0.15, -0.1) is 12.4 Å². The molecule has 1 unspecified atom stereocenters. The highest BCUT2D eigenvalue weighted by Gasteiger charge is 2.19. The number of aromatic nitrogens is 2. The van der Waals surface area contributed by atoms with Gasteiger partial charge in [0.15, 0.2) is 5.82 Å². The summed E-state index contributed by atoms with van der Waals surface area (Å²) in [7, 11) is 1.79. The highest BCUT2D eigenvalue weighted by Crippen LogP contribution is 2.19. The monoisotopic (exact) mass is 388 g/mol. The summed E-state index contributed by atoms with van der Waals surface area (Å²) in [5, 5.41) is 7.32. The molecule has 150 valence electrons. The molecule has 1 N–H and O–H groups in total. The van der Waals surface area contributed by atoms with E-state index in [1.54, 1.807) is 11.9 Å². The van der Waals surface area contributed by atoms with Crippen molar-refractivity contribution >= 4 is 18.3 Å². The molecule has 1 atom stereocenters. The lowest BCUT2D eigenvalue weighted by atomic mass is 9.93. The first-order valence-electron chi connectivity index (χ1n) is 9.34. The van der Waals surface area contributed by atoms with Crippen LogP contribution in [0.3, 0.4) is 0 Å². The molecule has 0 spiro atoms. The Morgan fingerprint density at radius 2 is 2.04 bits per heavy atom. The first kappa shape index (κ1) is 22.9. The fourth-order valence-corrected chi connectivity index (χ4v) is 2.89. The molecule has 8 heteroatoms. The van der Waals surface area contributed by atoms with Crippen molar-refractivity contribution in [3.8, 4) is 0 Å². The van der Waals surface area contributed by atoms with Crippen molar-refractivity contribution in [2.45, 2.75) is 59.1 Å².